The third kappa shape index (κ3) is 3.52. The average Bonchev–Trinajstić information content (AvgIpc) is 3.70. The molecule has 10 rings (SSSR count). The molecule has 0 saturated heterocycles. The first-order valence-electron chi connectivity index (χ1n) is 16.9. The van der Waals surface area contributed by atoms with Crippen molar-refractivity contribution < 1.29 is 4.42 Å². The summed E-state index contributed by atoms with van der Waals surface area (Å²) in [6.07, 6.45) is 0. The van der Waals surface area contributed by atoms with E-state index in [1.807, 2.05) is 0 Å². The van der Waals surface area contributed by atoms with Crippen LogP contribution in [0.1, 0.15) is 49.9 Å². The summed E-state index contributed by atoms with van der Waals surface area (Å²) < 4.78 is 6.99. The molecule has 2 aliphatic carbocycles. The Labute approximate surface area is 280 Å². The summed E-state index contributed by atoms with van der Waals surface area (Å²) in [5, 5.41) is 4.58. The summed E-state index contributed by atoms with van der Waals surface area (Å²) in [6, 6.07) is 51.3. The number of fused-ring (bicyclic) bond motifs is 11. The van der Waals surface area contributed by atoms with Crippen LogP contribution in [0.4, 0.5) is 17.1 Å². The van der Waals surface area contributed by atoms with Crippen LogP contribution in [0.25, 0.3) is 55.0 Å². The number of benzene rings is 7. The van der Waals surface area contributed by atoms with Crippen LogP contribution in [-0.2, 0) is 10.8 Å². The summed E-state index contributed by atoms with van der Waals surface area (Å²) >= 11 is 0. The van der Waals surface area contributed by atoms with Crippen LogP contribution in [0, 0.1) is 0 Å². The fourth-order valence-corrected chi connectivity index (χ4v) is 8.85. The van der Waals surface area contributed by atoms with Crippen LogP contribution in [0.2, 0.25) is 0 Å². The van der Waals surface area contributed by atoms with Gasteiger partial charge in [-0.1, -0.05) is 137 Å². The van der Waals surface area contributed by atoms with E-state index in [1.54, 1.807) is 0 Å². The van der Waals surface area contributed by atoms with Gasteiger partial charge in [-0.15, -0.1) is 0 Å². The van der Waals surface area contributed by atoms with E-state index < -0.39 is 0 Å². The van der Waals surface area contributed by atoms with Gasteiger partial charge in [0.05, 0.1) is 11.4 Å². The summed E-state index contributed by atoms with van der Waals surface area (Å²) in [4.78, 5) is 2.46. The number of hydrogen-bond acceptors (Lipinski definition) is 2. The highest BCUT2D eigenvalue weighted by molar-refractivity contribution is 6.17. The number of furan rings is 1. The first-order chi connectivity index (χ1) is 23.3. The zero-order chi connectivity index (χ0) is 32.4. The summed E-state index contributed by atoms with van der Waals surface area (Å²) in [5.74, 6) is 0. The Balaban J connectivity index is 1.30. The molecule has 0 aliphatic heterocycles. The highest BCUT2D eigenvalue weighted by Gasteiger charge is 2.39. The Morgan fingerprint density at radius 1 is 0.438 bits per heavy atom. The molecule has 230 valence electrons. The molecule has 0 unspecified atom stereocenters. The molecule has 0 saturated carbocycles. The molecule has 0 radical (unpaired) electrons. The van der Waals surface area contributed by atoms with Gasteiger partial charge in [0.15, 0.2) is 5.58 Å². The zero-order valence-corrected chi connectivity index (χ0v) is 27.6. The predicted molar refractivity (Wildman–Crippen MR) is 201 cm³/mol. The molecule has 0 fully saturated rings. The molecule has 2 aliphatic rings. The maximum atomic E-state index is 6.99. The molecule has 1 aromatic heterocycles. The Kier molecular flexibility index (Phi) is 5.44. The number of hydrogen-bond donors (Lipinski definition) is 0. The maximum Gasteiger partial charge on any atom is 0.159 e. The minimum Gasteiger partial charge on any atom is -0.453 e. The van der Waals surface area contributed by atoms with Crippen LogP contribution in [0.3, 0.4) is 0 Å². The molecule has 7 aromatic carbocycles. The van der Waals surface area contributed by atoms with Crippen LogP contribution < -0.4 is 4.90 Å². The molecule has 0 atom stereocenters. The van der Waals surface area contributed by atoms with Crippen molar-refractivity contribution in [3.63, 3.8) is 0 Å². The van der Waals surface area contributed by atoms with Crippen molar-refractivity contribution in [3.8, 4) is 22.3 Å². The Morgan fingerprint density at radius 3 is 1.90 bits per heavy atom. The molecule has 0 spiro atoms. The maximum absolute atomic E-state index is 6.99. The lowest BCUT2D eigenvalue weighted by atomic mass is 9.82. The van der Waals surface area contributed by atoms with E-state index in [0.29, 0.717) is 0 Å². The number of rotatable bonds is 3. The van der Waals surface area contributed by atoms with Crippen molar-refractivity contribution in [3.05, 3.63) is 162 Å². The van der Waals surface area contributed by atoms with Crippen LogP contribution in [-0.4, -0.2) is 0 Å². The third-order valence-corrected chi connectivity index (χ3v) is 11.3. The van der Waals surface area contributed by atoms with Crippen molar-refractivity contribution in [2.24, 2.45) is 0 Å². The lowest BCUT2D eigenvalue weighted by Crippen LogP contribution is -2.17. The molecular formula is C46H35NO. The fraction of sp³-hybridized carbons (Fsp3) is 0.130. The van der Waals surface area contributed by atoms with E-state index >= 15 is 0 Å². The van der Waals surface area contributed by atoms with Crippen LogP contribution in [0.5, 0.6) is 0 Å². The van der Waals surface area contributed by atoms with Gasteiger partial charge >= 0.3 is 0 Å². The fourth-order valence-electron chi connectivity index (χ4n) is 8.85. The number of para-hydroxylation sites is 1. The van der Waals surface area contributed by atoms with E-state index in [-0.39, 0.29) is 10.8 Å². The SMILES string of the molecule is CC1(C)c2ccccc2-c2ccc(N(c3cccc4c3-c3ccccc3C4(C)C)c3cccc4c3oc3c5ccccc5ccc43)cc21. The Hall–Kier alpha value is -5.60. The Morgan fingerprint density at radius 2 is 1.04 bits per heavy atom. The van der Waals surface area contributed by atoms with E-state index in [0.717, 1.165) is 44.4 Å². The molecule has 8 aromatic rings. The van der Waals surface area contributed by atoms with Gasteiger partial charge in [-0.05, 0) is 74.7 Å². The second kappa shape index (κ2) is 9.49. The highest BCUT2D eigenvalue weighted by atomic mass is 16.3. The van der Waals surface area contributed by atoms with Gasteiger partial charge in [0.1, 0.15) is 5.58 Å². The summed E-state index contributed by atoms with van der Waals surface area (Å²) in [5.41, 5.74) is 15.6. The van der Waals surface area contributed by atoms with Crippen LogP contribution >= 0.6 is 0 Å². The van der Waals surface area contributed by atoms with E-state index in [2.05, 4.69) is 172 Å². The molecule has 0 bridgehead atoms. The smallest absolute Gasteiger partial charge is 0.159 e. The van der Waals surface area contributed by atoms with Gasteiger partial charge in [0.25, 0.3) is 0 Å². The van der Waals surface area contributed by atoms with Crippen LogP contribution in [0.15, 0.2) is 144 Å². The summed E-state index contributed by atoms with van der Waals surface area (Å²) in [6.45, 7) is 9.42. The molecule has 0 amide bonds. The number of anilines is 3. The first-order valence-corrected chi connectivity index (χ1v) is 16.9. The minimum absolute atomic E-state index is 0.112. The van der Waals surface area contributed by atoms with Crippen molar-refractivity contribution in [2.75, 3.05) is 4.90 Å². The topological polar surface area (TPSA) is 16.4 Å². The lowest BCUT2D eigenvalue weighted by Gasteiger charge is -2.30. The zero-order valence-electron chi connectivity index (χ0n) is 27.6. The minimum atomic E-state index is -0.120. The normalized spacial score (nSPS) is 15.0. The largest absolute Gasteiger partial charge is 0.453 e. The first kappa shape index (κ1) is 27.5. The monoisotopic (exact) mass is 617 g/mol. The second-order valence-corrected chi connectivity index (χ2v) is 14.5. The highest BCUT2D eigenvalue weighted by Crippen LogP contribution is 2.56. The summed E-state index contributed by atoms with van der Waals surface area (Å²) in [7, 11) is 0. The average molecular weight is 618 g/mol. The van der Waals surface area contributed by atoms with Crippen molar-refractivity contribution >= 4 is 49.8 Å². The predicted octanol–water partition coefficient (Wildman–Crippen LogP) is 12.8. The van der Waals surface area contributed by atoms with E-state index in [9.17, 15) is 0 Å². The van der Waals surface area contributed by atoms with E-state index in [4.69, 9.17) is 4.42 Å². The van der Waals surface area contributed by atoms with Gasteiger partial charge < -0.3 is 9.32 Å². The quantitative estimate of drug-likeness (QED) is 0.196. The van der Waals surface area contributed by atoms with Gasteiger partial charge in [-0.2, -0.15) is 0 Å². The van der Waals surface area contributed by atoms with Gasteiger partial charge in [-0.3, -0.25) is 0 Å². The van der Waals surface area contributed by atoms with Crippen molar-refractivity contribution in [1.29, 1.82) is 0 Å². The molecular weight excluding hydrogens is 583 g/mol. The number of nitrogens with zero attached hydrogens (tertiary/aromatic N) is 1. The van der Waals surface area contributed by atoms with Crippen molar-refractivity contribution in [2.45, 2.75) is 38.5 Å². The molecule has 1 heterocycles. The molecule has 2 nitrogen and oxygen atoms in total. The Bertz CT molecular complexity index is 2630. The molecule has 2 heteroatoms. The van der Waals surface area contributed by atoms with Gasteiger partial charge in [-0.25, -0.2) is 0 Å². The van der Waals surface area contributed by atoms with E-state index in [1.165, 1.54) is 49.9 Å². The lowest BCUT2D eigenvalue weighted by molar-refractivity contribution is 0.660. The molecule has 0 N–H and O–H groups in total. The standard InChI is InChI=1S/C46H35NO/c1-45(2)37-19-10-8-16-35(37)42-38(45)20-12-21-40(42)47(29-24-26-32-31-15-7-9-18-36(31)46(3,4)39(32)27-29)41-22-11-17-33-34-25-23-28-13-5-6-14-30(28)43(34)48-44(33)41/h5-27H,1-4H3. The second-order valence-electron chi connectivity index (χ2n) is 14.5. The van der Waals surface area contributed by atoms with Gasteiger partial charge in [0.2, 0.25) is 0 Å². The van der Waals surface area contributed by atoms with Gasteiger partial charge in [0, 0.05) is 38.2 Å². The third-order valence-electron chi connectivity index (χ3n) is 11.3. The van der Waals surface area contributed by atoms with Crippen molar-refractivity contribution in [1.82, 2.24) is 0 Å². The molecule has 48 heavy (non-hydrogen) atoms.